The van der Waals surface area contributed by atoms with Gasteiger partial charge >= 0.3 is 0 Å². The fourth-order valence-electron chi connectivity index (χ4n) is 2.26. The molecule has 0 atom stereocenters. The highest BCUT2D eigenvalue weighted by Gasteiger charge is 2.10. The van der Waals surface area contributed by atoms with Crippen LogP contribution >= 0.6 is 15.9 Å². The third-order valence-electron chi connectivity index (χ3n) is 3.38. The molecule has 0 fully saturated rings. The van der Waals surface area contributed by atoms with Crippen molar-refractivity contribution in [3.63, 3.8) is 0 Å². The average molecular weight is 386 g/mol. The van der Waals surface area contributed by atoms with Gasteiger partial charge in [-0.3, -0.25) is 4.79 Å². The minimum Gasteiger partial charge on any atom is -0.467 e. The molecule has 6 heteroatoms. The van der Waals surface area contributed by atoms with E-state index in [1.165, 1.54) is 0 Å². The van der Waals surface area contributed by atoms with Crippen molar-refractivity contribution >= 4 is 38.4 Å². The molecule has 0 radical (unpaired) electrons. The predicted molar refractivity (Wildman–Crippen MR) is 97.2 cm³/mol. The van der Waals surface area contributed by atoms with Gasteiger partial charge in [0.15, 0.2) is 6.61 Å². The first kappa shape index (κ1) is 16.4. The van der Waals surface area contributed by atoms with Crippen LogP contribution < -0.4 is 10.1 Å². The monoisotopic (exact) mass is 385 g/mol. The molecular formula is C18H16BrN3O2. The number of carbonyl (C=O) groups excluding carboxylic acids is 1. The van der Waals surface area contributed by atoms with Gasteiger partial charge in [0.1, 0.15) is 5.82 Å². The normalized spacial score (nSPS) is 10.6. The third kappa shape index (κ3) is 3.89. The summed E-state index contributed by atoms with van der Waals surface area (Å²) >= 11 is 3.37. The molecule has 0 bridgehead atoms. The molecule has 0 aliphatic heterocycles. The molecule has 1 heterocycles. The molecule has 1 amide bonds. The molecule has 1 aromatic heterocycles. The van der Waals surface area contributed by atoms with E-state index in [1.807, 2.05) is 55.5 Å². The first-order valence-corrected chi connectivity index (χ1v) is 8.39. The van der Waals surface area contributed by atoms with Gasteiger partial charge in [0.2, 0.25) is 5.88 Å². The number of hydrogen-bond acceptors (Lipinski definition) is 4. The Morgan fingerprint density at radius 1 is 1.17 bits per heavy atom. The topological polar surface area (TPSA) is 64.1 Å². The molecule has 0 aliphatic carbocycles. The number of amides is 1. The van der Waals surface area contributed by atoms with Crippen molar-refractivity contribution in [2.75, 3.05) is 11.9 Å². The minimum absolute atomic E-state index is 0.114. The van der Waals surface area contributed by atoms with Gasteiger partial charge < -0.3 is 10.1 Å². The summed E-state index contributed by atoms with van der Waals surface area (Å²) in [7, 11) is 0. The molecule has 24 heavy (non-hydrogen) atoms. The van der Waals surface area contributed by atoms with E-state index in [2.05, 4.69) is 31.2 Å². The largest absolute Gasteiger partial charge is 0.467 e. The molecule has 0 spiro atoms. The highest BCUT2D eigenvalue weighted by Crippen LogP contribution is 2.22. The van der Waals surface area contributed by atoms with E-state index >= 15 is 0 Å². The van der Waals surface area contributed by atoms with E-state index in [-0.39, 0.29) is 12.5 Å². The van der Waals surface area contributed by atoms with Crippen molar-refractivity contribution in [2.24, 2.45) is 0 Å². The van der Waals surface area contributed by atoms with E-state index in [9.17, 15) is 4.79 Å². The Labute approximate surface area is 148 Å². The molecule has 0 unspecified atom stereocenters. The maximum atomic E-state index is 12.1. The van der Waals surface area contributed by atoms with Crippen LogP contribution in [0.4, 0.5) is 5.69 Å². The molecule has 1 N–H and O–H groups in total. The number of aromatic nitrogens is 2. The smallest absolute Gasteiger partial charge is 0.262 e. The number of benzene rings is 2. The number of nitrogens with zero attached hydrogens (tertiary/aromatic N) is 2. The van der Waals surface area contributed by atoms with Gasteiger partial charge in [-0.25, -0.2) is 4.98 Å². The number of hydrogen-bond donors (Lipinski definition) is 1. The van der Waals surface area contributed by atoms with Gasteiger partial charge in [-0.05, 0) is 30.3 Å². The van der Waals surface area contributed by atoms with E-state index in [4.69, 9.17) is 4.74 Å². The van der Waals surface area contributed by atoms with Crippen molar-refractivity contribution in [3.8, 4) is 5.88 Å². The van der Waals surface area contributed by atoms with Crippen molar-refractivity contribution in [2.45, 2.75) is 13.3 Å². The highest BCUT2D eigenvalue weighted by molar-refractivity contribution is 9.10. The lowest BCUT2D eigenvalue weighted by molar-refractivity contribution is -0.118. The number of ether oxygens (including phenoxy) is 1. The lowest BCUT2D eigenvalue weighted by atomic mass is 10.2. The standard InChI is InChI=1S/C18H16BrN3O2/c1-2-16-21-15-9-4-3-8-14(15)18(22-16)24-11-17(23)20-13-7-5-6-12(19)10-13/h3-10H,2,11H2,1H3,(H,20,23). The zero-order valence-corrected chi connectivity index (χ0v) is 14.7. The summed E-state index contributed by atoms with van der Waals surface area (Å²) in [6.07, 6.45) is 0.700. The summed E-state index contributed by atoms with van der Waals surface area (Å²) in [5.74, 6) is 0.881. The van der Waals surface area contributed by atoms with Gasteiger partial charge in [0, 0.05) is 16.6 Å². The van der Waals surface area contributed by atoms with E-state index < -0.39 is 0 Å². The SMILES string of the molecule is CCc1nc(OCC(=O)Nc2cccc(Br)c2)c2ccccc2n1. The molecular weight excluding hydrogens is 370 g/mol. The molecule has 0 saturated carbocycles. The Bertz CT molecular complexity index is 883. The molecule has 2 aromatic carbocycles. The maximum absolute atomic E-state index is 12.1. The first-order chi connectivity index (χ1) is 11.7. The molecule has 3 aromatic rings. The van der Waals surface area contributed by atoms with Crippen molar-refractivity contribution in [1.82, 2.24) is 9.97 Å². The second-order valence-electron chi connectivity index (χ2n) is 5.16. The molecule has 122 valence electrons. The molecule has 0 aliphatic rings. The van der Waals surface area contributed by atoms with Gasteiger partial charge in [0.25, 0.3) is 5.91 Å². The lowest BCUT2D eigenvalue weighted by Crippen LogP contribution is -2.20. The van der Waals surface area contributed by atoms with Gasteiger partial charge in [-0.15, -0.1) is 0 Å². The van der Waals surface area contributed by atoms with E-state index in [0.717, 1.165) is 15.4 Å². The van der Waals surface area contributed by atoms with Crippen LogP contribution in [0.3, 0.4) is 0 Å². The fourth-order valence-corrected chi connectivity index (χ4v) is 2.66. The zero-order valence-electron chi connectivity index (χ0n) is 13.1. The minimum atomic E-state index is -0.242. The Hall–Kier alpha value is -2.47. The Kier molecular flexibility index (Phi) is 5.05. The Morgan fingerprint density at radius 2 is 2.00 bits per heavy atom. The van der Waals surface area contributed by atoms with Crippen molar-refractivity contribution in [3.05, 3.63) is 58.8 Å². The van der Waals surface area contributed by atoms with E-state index in [0.29, 0.717) is 23.8 Å². The quantitative estimate of drug-likeness (QED) is 0.721. The van der Waals surface area contributed by atoms with Crippen LogP contribution in [0.15, 0.2) is 53.0 Å². The third-order valence-corrected chi connectivity index (χ3v) is 3.87. The van der Waals surface area contributed by atoms with Crippen LogP contribution in [0.25, 0.3) is 10.9 Å². The second-order valence-corrected chi connectivity index (χ2v) is 6.08. The molecule has 5 nitrogen and oxygen atoms in total. The lowest BCUT2D eigenvalue weighted by Gasteiger charge is -2.10. The number of nitrogens with one attached hydrogen (secondary N) is 1. The number of para-hydroxylation sites is 1. The van der Waals surface area contributed by atoms with Gasteiger partial charge in [-0.2, -0.15) is 4.98 Å². The van der Waals surface area contributed by atoms with Crippen LogP contribution in [0.2, 0.25) is 0 Å². The van der Waals surface area contributed by atoms with Crippen molar-refractivity contribution < 1.29 is 9.53 Å². The number of anilines is 1. The summed E-state index contributed by atoms with van der Waals surface area (Å²) in [6.45, 7) is 1.87. The van der Waals surface area contributed by atoms with Crippen LogP contribution in [-0.2, 0) is 11.2 Å². The van der Waals surface area contributed by atoms with Crippen LogP contribution in [0.1, 0.15) is 12.7 Å². The summed E-state index contributed by atoms with van der Waals surface area (Å²) in [5, 5.41) is 3.59. The first-order valence-electron chi connectivity index (χ1n) is 7.59. The molecule has 3 rings (SSSR count). The highest BCUT2D eigenvalue weighted by atomic mass is 79.9. The van der Waals surface area contributed by atoms with Gasteiger partial charge in [-0.1, -0.05) is 41.1 Å². The summed E-state index contributed by atoms with van der Waals surface area (Å²) < 4.78 is 6.55. The Morgan fingerprint density at radius 3 is 2.79 bits per heavy atom. The number of halogens is 1. The van der Waals surface area contributed by atoms with Crippen LogP contribution in [0.5, 0.6) is 5.88 Å². The fraction of sp³-hybridized carbons (Fsp3) is 0.167. The average Bonchev–Trinajstić information content (AvgIpc) is 2.59. The van der Waals surface area contributed by atoms with Crippen LogP contribution in [0, 0.1) is 0 Å². The number of carbonyl (C=O) groups is 1. The summed E-state index contributed by atoms with van der Waals surface area (Å²) in [5.41, 5.74) is 1.52. The Balaban J connectivity index is 1.74. The predicted octanol–water partition coefficient (Wildman–Crippen LogP) is 3.97. The molecule has 0 saturated heterocycles. The van der Waals surface area contributed by atoms with Crippen LogP contribution in [-0.4, -0.2) is 22.5 Å². The number of aryl methyl sites for hydroxylation is 1. The zero-order chi connectivity index (χ0) is 16.9. The number of fused-ring (bicyclic) bond motifs is 1. The number of rotatable bonds is 5. The van der Waals surface area contributed by atoms with Gasteiger partial charge in [0.05, 0.1) is 10.9 Å². The maximum Gasteiger partial charge on any atom is 0.262 e. The summed E-state index contributed by atoms with van der Waals surface area (Å²) in [4.78, 5) is 20.9. The summed E-state index contributed by atoms with van der Waals surface area (Å²) in [6, 6.07) is 15.0. The van der Waals surface area contributed by atoms with Crippen molar-refractivity contribution in [1.29, 1.82) is 0 Å². The second kappa shape index (κ2) is 7.40. The van der Waals surface area contributed by atoms with E-state index in [1.54, 1.807) is 0 Å².